The minimum absolute atomic E-state index is 0.287. The molecular formula is C13H11ClN2OS. The Labute approximate surface area is 114 Å². The molecule has 0 aliphatic heterocycles. The van der Waals surface area contributed by atoms with E-state index in [1.807, 2.05) is 23.6 Å². The van der Waals surface area contributed by atoms with Crippen molar-refractivity contribution in [1.29, 1.82) is 0 Å². The maximum absolute atomic E-state index is 11.5. The van der Waals surface area contributed by atoms with Crippen molar-refractivity contribution in [1.82, 2.24) is 5.32 Å². The molecule has 1 aromatic carbocycles. The number of hydrogen-bond donors (Lipinski definition) is 2. The molecule has 0 fully saturated rings. The topological polar surface area (TPSA) is 41.1 Å². The number of carbonyl (C=O) groups is 1. The van der Waals surface area contributed by atoms with Crippen LogP contribution in [0.4, 0.5) is 10.5 Å². The molecule has 0 spiro atoms. The molecule has 2 N–H and O–H groups in total. The fourth-order valence-corrected chi connectivity index (χ4v) is 2.03. The first-order valence-corrected chi connectivity index (χ1v) is 6.53. The molecule has 2 rings (SSSR count). The van der Waals surface area contributed by atoms with Crippen LogP contribution in [0, 0.1) is 0 Å². The zero-order valence-electron chi connectivity index (χ0n) is 9.39. The largest absolute Gasteiger partial charge is 0.323 e. The fraction of sp³-hybridized carbons (Fsp3) is 0. The Morgan fingerprint density at radius 2 is 2.00 bits per heavy atom. The van der Waals surface area contributed by atoms with Gasteiger partial charge in [-0.3, -0.25) is 0 Å². The molecule has 0 radical (unpaired) electrons. The molecule has 0 bridgehead atoms. The summed E-state index contributed by atoms with van der Waals surface area (Å²) in [5.41, 5.74) is 0.696. The van der Waals surface area contributed by atoms with Gasteiger partial charge < -0.3 is 10.6 Å². The molecular weight excluding hydrogens is 268 g/mol. The molecule has 0 saturated carbocycles. The molecule has 2 amide bonds. The van der Waals surface area contributed by atoms with Crippen LogP contribution >= 0.6 is 22.9 Å². The van der Waals surface area contributed by atoms with Crippen molar-refractivity contribution in [2.75, 3.05) is 5.32 Å². The number of hydrogen-bond acceptors (Lipinski definition) is 2. The van der Waals surface area contributed by atoms with Crippen LogP contribution in [0.2, 0.25) is 5.02 Å². The first-order chi connectivity index (χ1) is 8.74. The Bertz CT molecular complexity index is 535. The number of urea groups is 1. The van der Waals surface area contributed by atoms with Crippen LogP contribution in [0.25, 0.3) is 6.08 Å². The van der Waals surface area contributed by atoms with E-state index in [4.69, 9.17) is 11.6 Å². The van der Waals surface area contributed by atoms with Crippen LogP contribution in [0.1, 0.15) is 4.88 Å². The Morgan fingerprint density at radius 3 is 2.67 bits per heavy atom. The normalized spacial score (nSPS) is 10.5. The minimum atomic E-state index is -0.287. The summed E-state index contributed by atoms with van der Waals surface area (Å²) in [7, 11) is 0. The van der Waals surface area contributed by atoms with Crippen LogP contribution in [0.5, 0.6) is 0 Å². The van der Waals surface area contributed by atoms with E-state index in [0.29, 0.717) is 10.7 Å². The van der Waals surface area contributed by atoms with E-state index < -0.39 is 0 Å². The van der Waals surface area contributed by atoms with Crippen molar-refractivity contribution in [2.24, 2.45) is 0 Å². The summed E-state index contributed by atoms with van der Waals surface area (Å²) in [5.74, 6) is 0. The molecule has 0 unspecified atom stereocenters. The van der Waals surface area contributed by atoms with Gasteiger partial charge in [0.2, 0.25) is 0 Å². The number of halogens is 1. The number of rotatable bonds is 3. The molecule has 0 atom stereocenters. The summed E-state index contributed by atoms with van der Waals surface area (Å²) >= 11 is 7.36. The predicted molar refractivity (Wildman–Crippen MR) is 77.0 cm³/mol. The molecule has 3 nitrogen and oxygen atoms in total. The third kappa shape index (κ3) is 3.91. The number of thiophene rings is 1. The number of anilines is 1. The Balaban J connectivity index is 1.84. The average Bonchev–Trinajstić information content (AvgIpc) is 2.85. The van der Waals surface area contributed by atoms with E-state index in [9.17, 15) is 4.79 Å². The van der Waals surface area contributed by atoms with Crippen molar-refractivity contribution in [2.45, 2.75) is 0 Å². The lowest BCUT2D eigenvalue weighted by Gasteiger charge is -2.03. The van der Waals surface area contributed by atoms with Crippen LogP contribution in [0.15, 0.2) is 48.0 Å². The van der Waals surface area contributed by atoms with Gasteiger partial charge in [0.05, 0.1) is 0 Å². The number of carbonyl (C=O) groups excluding carboxylic acids is 1. The van der Waals surface area contributed by atoms with Gasteiger partial charge in [-0.1, -0.05) is 17.7 Å². The second-order valence-electron chi connectivity index (χ2n) is 3.45. The lowest BCUT2D eigenvalue weighted by atomic mass is 10.3. The summed E-state index contributed by atoms with van der Waals surface area (Å²) in [6.45, 7) is 0. The highest BCUT2D eigenvalue weighted by molar-refractivity contribution is 7.10. The van der Waals surface area contributed by atoms with Crippen LogP contribution in [-0.4, -0.2) is 6.03 Å². The Morgan fingerprint density at radius 1 is 1.22 bits per heavy atom. The van der Waals surface area contributed by atoms with Gasteiger partial charge in [0.1, 0.15) is 0 Å². The smallest absolute Gasteiger partial charge is 0.314 e. The quantitative estimate of drug-likeness (QED) is 0.868. The molecule has 2 aromatic rings. The van der Waals surface area contributed by atoms with Gasteiger partial charge in [-0.05, 0) is 41.8 Å². The number of nitrogens with one attached hydrogen (secondary N) is 2. The van der Waals surface area contributed by atoms with Crippen molar-refractivity contribution in [3.8, 4) is 0 Å². The third-order valence-electron chi connectivity index (χ3n) is 2.11. The second-order valence-corrected chi connectivity index (χ2v) is 4.87. The molecule has 5 heteroatoms. The van der Waals surface area contributed by atoms with Crippen LogP contribution in [-0.2, 0) is 0 Å². The van der Waals surface area contributed by atoms with Crippen LogP contribution < -0.4 is 10.6 Å². The van der Waals surface area contributed by atoms with Gasteiger partial charge in [0.25, 0.3) is 0 Å². The van der Waals surface area contributed by atoms with Gasteiger partial charge in [-0.2, -0.15) is 0 Å². The van der Waals surface area contributed by atoms with E-state index >= 15 is 0 Å². The van der Waals surface area contributed by atoms with E-state index in [-0.39, 0.29) is 6.03 Å². The monoisotopic (exact) mass is 278 g/mol. The molecule has 1 heterocycles. The van der Waals surface area contributed by atoms with E-state index in [0.717, 1.165) is 4.88 Å². The highest BCUT2D eigenvalue weighted by Crippen LogP contribution is 2.13. The van der Waals surface area contributed by atoms with Crippen molar-refractivity contribution < 1.29 is 4.79 Å². The maximum atomic E-state index is 11.5. The van der Waals surface area contributed by atoms with Gasteiger partial charge in [-0.25, -0.2) is 4.79 Å². The van der Waals surface area contributed by atoms with Gasteiger partial charge >= 0.3 is 6.03 Å². The summed E-state index contributed by atoms with van der Waals surface area (Å²) in [6, 6.07) is 10.6. The van der Waals surface area contributed by atoms with Crippen molar-refractivity contribution >= 4 is 40.7 Å². The van der Waals surface area contributed by atoms with Gasteiger partial charge in [-0.15, -0.1) is 11.3 Å². The summed E-state index contributed by atoms with van der Waals surface area (Å²) < 4.78 is 0. The molecule has 0 aliphatic rings. The van der Waals surface area contributed by atoms with Gasteiger partial charge in [0.15, 0.2) is 0 Å². The SMILES string of the molecule is O=C(NC=Cc1cccs1)Nc1ccc(Cl)cc1. The standard InChI is InChI=1S/C13H11ClN2OS/c14-10-3-5-11(6-4-10)16-13(17)15-8-7-12-2-1-9-18-12/h1-9H,(H2,15,16,17). The molecule has 92 valence electrons. The first kappa shape index (κ1) is 12.7. The van der Waals surface area contributed by atoms with E-state index in [1.165, 1.54) is 0 Å². The van der Waals surface area contributed by atoms with Gasteiger partial charge in [0, 0.05) is 21.8 Å². The molecule has 1 aromatic heterocycles. The van der Waals surface area contributed by atoms with Crippen molar-refractivity contribution in [3.63, 3.8) is 0 Å². The molecule has 18 heavy (non-hydrogen) atoms. The second kappa shape index (κ2) is 6.23. The van der Waals surface area contributed by atoms with Crippen molar-refractivity contribution in [3.05, 3.63) is 57.9 Å². The van der Waals surface area contributed by atoms with E-state index in [2.05, 4.69) is 10.6 Å². The zero-order chi connectivity index (χ0) is 12.8. The third-order valence-corrected chi connectivity index (χ3v) is 3.20. The minimum Gasteiger partial charge on any atom is -0.314 e. The lowest BCUT2D eigenvalue weighted by Crippen LogP contribution is -2.23. The predicted octanol–water partition coefficient (Wildman–Crippen LogP) is 4.19. The fourth-order valence-electron chi connectivity index (χ4n) is 1.29. The lowest BCUT2D eigenvalue weighted by molar-refractivity contribution is 0.255. The number of benzene rings is 1. The Hall–Kier alpha value is -1.78. The Kier molecular flexibility index (Phi) is 4.39. The maximum Gasteiger partial charge on any atom is 0.323 e. The summed E-state index contributed by atoms with van der Waals surface area (Å²) in [5, 5.41) is 7.94. The van der Waals surface area contributed by atoms with Crippen LogP contribution in [0.3, 0.4) is 0 Å². The van der Waals surface area contributed by atoms with E-state index in [1.54, 1.807) is 41.8 Å². The summed E-state index contributed by atoms with van der Waals surface area (Å²) in [4.78, 5) is 12.6. The number of amides is 2. The molecule has 0 aliphatic carbocycles. The molecule has 0 saturated heterocycles. The zero-order valence-corrected chi connectivity index (χ0v) is 11.0. The highest BCUT2D eigenvalue weighted by Gasteiger charge is 1.98. The highest BCUT2D eigenvalue weighted by atomic mass is 35.5. The average molecular weight is 279 g/mol. The summed E-state index contributed by atoms with van der Waals surface area (Å²) in [6.07, 6.45) is 3.45. The first-order valence-electron chi connectivity index (χ1n) is 5.27.